The lowest BCUT2D eigenvalue weighted by Crippen LogP contribution is -2.51. The zero-order valence-electron chi connectivity index (χ0n) is 11.5. The third-order valence-corrected chi connectivity index (χ3v) is 7.06. The summed E-state index contributed by atoms with van der Waals surface area (Å²) >= 11 is 0. The molecule has 0 aliphatic rings. The first-order chi connectivity index (χ1) is 7.91. The van der Waals surface area contributed by atoms with E-state index in [0.717, 1.165) is 0 Å². The van der Waals surface area contributed by atoms with Gasteiger partial charge < -0.3 is 0 Å². The second kappa shape index (κ2) is 4.43. The van der Waals surface area contributed by atoms with E-state index < -0.39 is 16.9 Å². The highest BCUT2D eigenvalue weighted by Gasteiger charge is 2.23. The smallest absolute Gasteiger partial charge is 0.0671 e. The zero-order chi connectivity index (χ0) is 12.6. The van der Waals surface area contributed by atoms with Crippen LogP contribution in [0.15, 0.2) is 36.4 Å². The molecule has 0 atom stereocenters. The van der Waals surface area contributed by atoms with Crippen LogP contribution in [0, 0.1) is 0 Å². The molecule has 0 aliphatic heterocycles. The summed E-state index contributed by atoms with van der Waals surface area (Å²) in [5, 5.41) is 6.23. The normalized spacial score (nSPS) is 12.4. The van der Waals surface area contributed by atoms with Gasteiger partial charge >= 0.3 is 0 Å². The average molecular weight is 258 g/mol. The molecule has 2 aromatic rings. The maximum atomic E-state index is 2.45. The molecule has 2 rings (SSSR count). The van der Waals surface area contributed by atoms with Crippen molar-refractivity contribution in [2.75, 3.05) is 0 Å². The van der Waals surface area contributed by atoms with E-state index in [0.29, 0.717) is 0 Å². The summed E-state index contributed by atoms with van der Waals surface area (Å²) in [6, 6.07) is 13.5. The molecule has 0 aliphatic carbocycles. The maximum Gasteiger partial charge on any atom is 0.0798 e. The van der Waals surface area contributed by atoms with Gasteiger partial charge in [0.1, 0.15) is 0 Å². The van der Waals surface area contributed by atoms with Crippen molar-refractivity contribution in [2.24, 2.45) is 0 Å². The highest BCUT2D eigenvalue weighted by Crippen LogP contribution is 2.13. The summed E-state index contributed by atoms with van der Waals surface area (Å²) in [6.07, 6.45) is 0. The molecule has 0 aromatic heterocycles. The minimum absolute atomic E-state index is 0.415. The van der Waals surface area contributed by atoms with Gasteiger partial charge in [0.15, 0.2) is 0 Å². The van der Waals surface area contributed by atoms with Crippen LogP contribution in [0.1, 0.15) is 0 Å². The molecule has 2 heteroatoms. The maximum absolute atomic E-state index is 2.45. The molecule has 0 saturated heterocycles. The SMILES string of the molecule is C[Si](C)c1c([Si](C)(C)C)ccc2ccccc12. The van der Waals surface area contributed by atoms with Gasteiger partial charge in [0.25, 0.3) is 0 Å². The molecular formula is C15H21Si2. The lowest BCUT2D eigenvalue weighted by molar-refractivity contribution is 1.72. The number of benzene rings is 2. The fourth-order valence-electron chi connectivity index (χ4n) is 2.44. The van der Waals surface area contributed by atoms with Crippen LogP contribution in [0.2, 0.25) is 32.7 Å². The first-order valence-corrected chi connectivity index (χ1v) is 12.2. The molecule has 89 valence electrons. The molecule has 17 heavy (non-hydrogen) atoms. The molecule has 0 unspecified atom stereocenters. The van der Waals surface area contributed by atoms with E-state index in [1.165, 1.54) is 10.8 Å². The van der Waals surface area contributed by atoms with Crippen LogP contribution in [0.4, 0.5) is 0 Å². The number of rotatable bonds is 2. The second-order valence-corrected chi connectivity index (χ2v) is 13.5. The minimum atomic E-state index is -1.23. The summed E-state index contributed by atoms with van der Waals surface area (Å²) in [6.45, 7) is 12.2. The van der Waals surface area contributed by atoms with Crippen molar-refractivity contribution in [1.29, 1.82) is 0 Å². The van der Waals surface area contributed by atoms with E-state index in [-0.39, 0.29) is 0 Å². The molecule has 0 amide bonds. The Kier molecular flexibility index (Phi) is 3.28. The van der Waals surface area contributed by atoms with Crippen molar-refractivity contribution >= 4 is 38.0 Å². The van der Waals surface area contributed by atoms with E-state index in [1.807, 2.05) is 0 Å². The van der Waals surface area contributed by atoms with Gasteiger partial charge in [-0.3, -0.25) is 0 Å². The fraction of sp³-hybridized carbons (Fsp3) is 0.333. The lowest BCUT2D eigenvalue weighted by atomic mass is 10.1. The Labute approximate surface area is 107 Å². The Hall–Kier alpha value is -0.866. The fourth-order valence-corrected chi connectivity index (χ4v) is 7.17. The predicted octanol–water partition coefficient (Wildman–Crippen LogP) is 3.35. The Morgan fingerprint density at radius 2 is 1.53 bits per heavy atom. The van der Waals surface area contributed by atoms with Gasteiger partial charge in [0.2, 0.25) is 0 Å². The largest absolute Gasteiger partial charge is 0.0798 e. The molecule has 0 N–H and O–H groups in total. The van der Waals surface area contributed by atoms with Gasteiger partial charge in [-0.15, -0.1) is 0 Å². The van der Waals surface area contributed by atoms with E-state index in [2.05, 4.69) is 69.1 Å². The van der Waals surface area contributed by atoms with E-state index in [4.69, 9.17) is 0 Å². The summed E-state index contributed by atoms with van der Waals surface area (Å²) in [5.74, 6) is 0. The molecule has 0 heterocycles. The third-order valence-electron chi connectivity index (χ3n) is 3.24. The van der Waals surface area contributed by atoms with E-state index >= 15 is 0 Å². The predicted molar refractivity (Wildman–Crippen MR) is 84.0 cm³/mol. The number of hydrogen-bond donors (Lipinski definition) is 0. The monoisotopic (exact) mass is 257 g/mol. The van der Waals surface area contributed by atoms with Gasteiger partial charge in [-0.25, -0.2) is 0 Å². The standard InChI is InChI=1S/C15H21Si2/c1-16(2)15-13-9-7-6-8-12(13)10-11-14(15)17(3,4)5/h6-11H,1-5H3. The van der Waals surface area contributed by atoms with Gasteiger partial charge in [-0.1, -0.05) is 79.5 Å². The molecule has 1 radical (unpaired) electrons. The Bertz CT molecular complexity index is 536. The van der Waals surface area contributed by atoms with Crippen LogP contribution < -0.4 is 10.4 Å². The van der Waals surface area contributed by atoms with Gasteiger partial charge in [0, 0.05) is 0 Å². The van der Waals surface area contributed by atoms with E-state index in [1.54, 1.807) is 10.4 Å². The lowest BCUT2D eigenvalue weighted by Gasteiger charge is -2.24. The van der Waals surface area contributed by atoms with Crippen LogP contribution in [-0.4, -0.2) is 16.9 Å². The second-order valence-electron chi connectivity index (χ2n) is 5.96. The average Bonchev–Trinajstić information content (AvgIpc) is 2.26. The van der Waals surface area contributed by atoms with Crippen molar-refractivity contribution in [3.05, 3.63) is 36.4 Å². The Morgan fingerprint density at radius 1 is 0.882 bits per heavy atom. The van der Waals surface area contributed by atoms with E-state index in [9.17, 15) is 0 Å². The summed E-state index contributed by atoms with van der Waals surface area (Å²) in [7, 11) is -1.65. The molecule has 0 spiro atoms. The highest BCUT2D eigenvalue weighted by molar-refractivity contribution is 6.94. The van der Waals surface area contributed by atoms with Gasteiger partial charge in [0.05, 0.1) is 16.9 Å². The van der Waals surface area contributed by atoms with Crippen molar-refractivity contribution in [3.8, 4) is 0 Å². The highest BCUT2D eigenvalue weighted by atomic mass is 28.3. The zero-order valence-corrected chi connectivity index (χ0v) is 13.5. The topological polar surface area (TPSA) is 0 Å². The van der Waals surface area contributed by atoms with Crippen molar-refractivity contribution in [3.63, 3.8) is 0 Å². The molecular weight excluding hydrogens is 236 g/mol. The van der Waals surface area contributed by atoms with Crippen LogP contribution in [0.25, 0.3) is 10.8 Å². The molecule has 0 saturated carbocycles. The van der Waals surface area contributed by atoms with Gasteiger partial charge in [-0.2, -0.15) is 0 Å². The Balaban J connectivity index is 2.82. The van der Waals surface area contributed by atoms with Crippen LogP contribution >= 0.6 is 0 Å². The van der Waals surface area contributed by atoms with Gasteiger partial charge in [-0.05, 0) is 10.8 Å². The first kappa shape index (κ1) is 12.6. The van der Waals surface area contributed by atoms with Crippen molar-refractivity contribution < 1.29 is 0 Å². The van der Waals surface area contributed by atoms with Crippen molar-refractivity contribution in [2.45, 2.75) is 32.7 Å². The molecule has 0 nitrogen and oxygen atoms in total. The summed E-state index contributed by atoms with van der Waals surface area (Å²) in [5.41, 5.74) is 0. The number of fused-ring (bicyclic) bond motifs is 1. The van der Waals surface area contributed by atoms with Crippen LogP contribution in [-0.2, 0) is 0 Å². The summed E-state index contributed by atoms with van der Waals surface area (Å²) < 4.78 is 0. The van der Waals surface area contributed by atoms with Crippen LogP contribution in [0.3, 0.4) is 0 Å². The molecule has 2 aromatic carbocycles. The number of hydrogen-bond acceptors (Lipinski definition) is 0. The third kappa shape index (κ3) is 2.38. The first-order valence-electron chi connectivity index (χ1n) is 6.24. The summed E-state index contributed by atoms with van der Waals surface area (Å²) in [4.78, 5) is 0. The molecule has 0 fully saturated rings. The quantitative estimate of drug-likeness (QED) is 0.724. The molecule has 0 bridgehead atoms. The van der Waals surface area contributed by atoms with Crippen molar-refractivity contribution in [1.82, 2.24) is 0 Å². The minimum Gasteiger partial charge on any atom is -0.0671 e. The Morgan fingerprint density at radius 3 is 2.12 bits per heavy atom. The van der Waals surface area contributed by atoms with Crippen LogP contribution in [0.5, 0.6) is 0 Å².